The summed E-state index contributed by atoms with van der Waals surface area (Å²) in [6, 6.07) is 5.93. The van der Waals surface area contributed by atoms with Gasteiger partial charge in [0.1, 0.15) is 35.3 Å². The van der Waals surface area contributed by atoms with Gasteiger partial charge >= 0.3 is 12.2 Å². The average Bonchev–Trinajstić information content (AvgIpc) is 4.11. The molecule has 61 heavy (non-hydrogen) atoms. The third kappa shape index (κ3) is 7.52. The third-order valence-corrected chi connectivity index (χ3v) is 11.9. The van der Waals surface area contributed by atoms with Gasteiger partial charge in [-0.1, -0.05) is 33.8 Å². The summed E-state index contributed by atoms with van der Waals surface area (Å²) in [6.45, 7) is 8.32. The molecule has 5 aromatic rings. The van der Waals surface area contributed by atoms with Crippen molar-refractivity contribution in [3.63, 3.8) is 0 Å². The Morgan fingerprint density at radius 1 is 0.787 bits per heavy atom. The van der Waals surface area contributed by atoms with Crippen molar-refractivity contribution in [3.05, 3.63) is 66.0 Å². The van der Waals surface area contributed by atoms with Gasteiger partial charge in [-0.15, -0.1) is 0 Å². The van der Waals surface area contributed by atoms with Crippen LogP contribution in [0.1, 0.15) is 77.1 Å². The number of likely N-dealkylation sites (tertiary alicyclic amines) is 2. The number of fused-ring (bicyclic) bond motifs is 5. The summed E-state index contributed by atoms with van der Waals surface area (Å²) in [5.41, 5.74) is 2.76. The lowest BCUT2D eigenvalue weighted by Crippen LogP contribution is -2.51. The normalized spacial score (nSPS) is 18.2. The fourth-order valence-corrected chi connectivity index (χ4v) is 8.77. The molecule has 8 rings (SSSR count). The molecule has 3 aromatic heterocycles. The number of benzene rings is 2. The van der Waals surface area contributed by atoms with Gasteiger partial charge in [0, 0.05) is 29.6 Å². The molecule has 2 fully saturated rings. The number of aromatic amines is 2. The van der Waals surface area contributed by atoms with Gasteiger partial charge in [0.25, 0.3) is 0 Å². The van der Waals surface area contributed by atoms with Gasteiger partial charge in [-0.25, -0.2) is 28.3 Å². The van der Waals surface area contributed by atoms with Gasteiger partial charge in [0.15, 0.2) is 12.5 Å². The zero-order valence-corrected chi connectivity index (χ0v) is 34.8. The molecule has 0 spiro atoms. The number of rotatable bonds is 10. The molecule has 0 aliphatic carbocycles. The van der Waals surface area contributed by atoms with Gasteiger partial charge in [-0.2, -0.15) is 0 Å². The minimum Gasteiger partial charge on any atom is -0.472 e. The molecule has 2 saturated heterocycles. The first-order chi connectivity index (χ1) is 29.3. The monoisotopic (exact) mass is 841 g/mol. The molecule has 2 aromatic carbocycles. The highest BCUT2D eigenvalue weighted by Gasteiger charge is 2.39. The van der Waals surface area contributed by atoms with E-state index in [2.05, 4.69) is 30.6 Å². The summed E-state index contributed by atoms with van der Waals surface area (Å²) in [4.78, 5) is 70.5. The number of nitrogens with zero attached hydrogens (tertiary/aromatic N) is 5. The van der Waals surface area contributed by atoms with E-state index in [4.69, 9.17) is 14.2 Å². The first kappa shape index (κ1) is 41.3. The number of imidazole rings is 2. The zero-order valence-electron chi connectivity index (χ0n) is 34.8. The van der Waals surface area contributed by atoms with Crippen molar-refractivity contribution >= 4 is 34.9 Å². The zero-order chi connectivity index (χ0) is 43.3. The molecular formula is C43H49F2N9O7. The molecule has 3 aliphatic heterocycles. The number of alkyl carbamates (subject to hydrolysis) is 2. The molecule has 0 radical (unpaired) electrons. The molecule has 6 heterocycles. The number of methoxy groups -OCH3 is 2. The highest BCUT2D eigenvalue weighted by Crippen LogP contribution is 2.45. The van der Waals surface area contributed by atoms with Crippen LogP contribution in [0.3, 0.4) is 0 Å². The van der Waals surface area contributed by atoms with Crippen LogP contribution in [0, 0.1) is 23.5 Å². The lowest BCUT2D eigenvalue weighted by Gasteiger charge is -2.30. The van der Waals surface area contributed by atoms with E-state index in [1.807, 2.05) is 33.8 Å². The van der Waals surface area contributed by atoms with Crippen molar-refractivity contribution in [2.75, 3.05) is 27.3 Å². The van der Waals surface area contributed by atoms with E-state index in [1.54, 1.807) is 45.0 Å². The van der Waals surface area contributed by atoms with Gasteiger partial charge < -0.3 is 49.2 Å². The molecule has 16 nitrogen and oxygen atoms in total. The Kier molecular flexibility index (Phi) is 11.2. The van der Waals surface area contributed by atoms with Crippen LogP contribution in [-0.2, 0) is 25.8 Å². The van der Waals surface area contributed by atoms with Crippen LogP contribution >= 0.6 is 0 Å². The minimum atomic E-state index is -0.787. The van der Waals surface area contributed by atoms with Crippen LogP contribution in [0.5, 0.6) is 5.75 Å². The summed E-state index contributed by atoms with van der Waals surface area (Å²) in [7, 11) is 2.50. The maximum absolute atomic E-state index is 16.6. The second-order valence-electron chi connectivity index (χ2n) is 16.4. The number of carbonyl (C=O) groups excluding carboxylic acids is 4. The summed E-state index contributed by atoms with van der Waals surface area (Å²) >= 11 is 0. The van der Waals surface area contributed by atoms with Crippen molar-refractivity contribution in [1.29, 1.82) is 0 Å². The second kappa shape index (κ2) is 16.5. The van der Waals surface area contributed by atoms with Crippen molar-refractivity contribution in [2.45, 2.75) is 84.3 Å². The van der Waals surface area contributed by atoms with E-state index in [0.717, 1.165) is 12.8 Å². The van der Waals surface area contributed by atoms with E-state index in [9.17, 15) is 19.2 Å². The summed E-state index contributed by atoms with van der Waals surface area (Å²) in [5, 5.41) is 5.57. The summed E-state index contributed by atoms with van der Waals surface area (Å²) < 4.78 is 50.0. The predicted octanol–water partition coefficient (Wildman–Crippen LogP) is 6.80. The molecule has 322 valence electrons. The van der Waals surface area contributed by atoms with Crippen molar-refractivity contribution in [3.8, 4) is 39.5 Å². The second-order valence-corrected chi connectivity index (χ2v) is 16.4. The van der Waals surface area contributed by atoms with Gasteiger partial charge in [-0.3, -0.25) is 9.59 Å². The van der Waals surface area contributed by atoms with Crippen LogP contribution in [0.4, 0.5) is 18.4 Å². The number of aromatic nitrogens is 5. The highest BCUT2D eigenvalue weighted by atomic mass is 19.1. The number of halogens is 2. The maximum Gasteiger partial charge on any atom is 0.407 e. The number of H-pyrrole nitrogens is 2. The lowest BCUT2D eigenvalue weighted by molar-refractivity contribution is -0.136. The average molecular weight is 842 g/mol. The Morgan fingerprint density at radius 2 is 1.33 bits per heavy atom. The van der Waals surface area contributed by atoms with Crippen molar-refractivity contribution < 1.29 is 42.2 Å². The topological polar surface area (TPSA) is 189 Å². The standard InChI is InChI=1S/C43H49F2N9O7/c1-21(2)35(50-42(57)59-5)40(55)52-13-7-9-30(52)38-46-18-27(48-38)23-11-12-29-25(15-23)34(45)37-33-26(44)16-24(17-32(33)61-20-54(29)37)28-19-47-39(49-28)31-10-8-14-53(31)41(56)36(22(3)4)51-43(58)60-6/h11-12,15-19,21-22,30-31,35-36H,7-10,13-14,20H2,1-6H3,(H,46,48)(H,47,49)(H,50,57)(H,51,58)/t30-,31-,35-,36-/m0/s1. The molecule has 0 unspecified atom stereocenters. The largest absolute Gasteiger partial charge is 0.472 e. The van der Waals surface area contributed by atoms with E-state index >= 15 is 8.78 Å². The van der Waals surface area contributed by atoms with Gasteiger partial charge in [-0.05, 0) is 61.8 Å². The van der Waals surface area contributed by atoms with Crippen molar-refractivity contribution in [1.82, 2.24) is 44.9 Å². The number of amides is 4. The maximum atomic E-state index is 16.6. The molecule has 0 bridgehead atoms. The van der Waals surface area contributed by atoms with E-state index in [1.165, 1.54) is 20.3 Å². The molecule has 3 aliphatic rings. The Hall–Kier alpha value is -6.46. The fraction of sp³-hybridized carbons (Fsp3) is 0.442. The van der Waals surface area contributed by atoms with E-state index in [0.29, 0.717) is 65.6 Å². The molecule has 0 saturated carbocycles. The van der Waals surface area contributed by atoms with E-state index in [-0.39, 0.29) is 64.9 Å². The number of ether oxygens (including phenoxy) is 3. The Morgan fingerprint density at radius 3 is 1.85 bits per heavy atom. The molecule has 4 atom stereocenters. The Labute approximate surface area is 350 Å². The van der Waals surface area contributed by atoms with Crippen LogP contribution in [-0.4, -0.2) is 97.7 Å². The molecule has 18 heteroatoms. The van der Waals surface area contributed by atoms with Crippen LogP contribution < -0.4 is 15.4 Å². The fourth-order valence-electron chi connectivity index (χ4n) is 8.77. The number of nitrogens with one attached hydrogen (secondary N) is 4. The summed E-state index contributed by atoms with van der Waals surface area (Å²) in [5.74, 6) is -0.863. The van der Waals surface area contributed by atoms with Gasteiger partial charge in [0.2, 0.25) is 11.8 Å². The van der Waals surface area contributed by atoms with Gasteiger partial charge in [0.05, 0.1) is 66.9 Å². The van der Waals surface area contributed by atoms with Crippen LogP contribution in [0.25, 0.3) is 44.7 Å². The number of hydrogen-bond donors (Lipinski definition) is 4. The number of carbonyl (C=O) groups is 4. The molecule has 4 amide bonds. The first-order valence-electron chi connectivity index (χ1n) is 20.5. The lowest BCUT2D eigenvalue weighted by atomic mass is 10.0. The predicted molar refractivity (Wildman–Crippen MR) is 219 cm³/mol. The molecule has 4 N–H and O–H groups in total. The third-order valence-electron chi connectivity index (χ3n) is 11.9. The quantitative estimate of drug-likeness (QED) is 0.117. The Balaban J connectivity index is 1.03. The SMILES string of the molecule is COC(=O)N[C@H](C(=O)N1CCC[C@H]1c1ncc(-c2cc(F)c3c(c2)OCn2c-3c(F)c3cc(-c4cnc([C@@H]5CCCN5C(=O)[C@@H](NC(=O)OC)C(C)C)[nH]4)ccc32)[nH]1)C(C)C. The van der Waals surface area contributed by atoms with E-state index < -0.39 is 35.9 Å². The first-order valence-corrected chi connectivity index (χ1v) is 20.5. The van der Waals surface area contributed by atoms with Crippen molar-refractivity contribution in [2.24, 2.45) is 11.8 Å². The number of hydrogen-bond acceptors (Lipinski definition) is 9. The van der Waals surface area contributed by atoms with Crippen LogP contribution in [0.2, 0.25) is 0 Å². The molecular weight excluding hydrogens is 793 g/mol. The van der Waals surface area contributed by atoms with Crippen LogP contribution in [0.15, 0.2) is 42.7 Å². The highest BCUT2D eigenvalue weighted by molar-refractivity contribution is 5.93. The smallest absolute Gasteiger partial charge is 0.407 e. The minimum absolute atomic E-state index is 0.00778. The summed E-state index contributed by atoms with van der Waals surface area (Å²) in [6.07, 6.45) is 4.66. The Bertz CT molecular complexity index is 2510.